The minimum Gasteiger partial charge on any atom is -0.346 e. The average molecular weight is 434 g/mol. The first-order valence-corrected chi connectivity index (χ1v) is 9.60. The first-order chi connectivity index (χ1) is 14.7. The zero-order valence-electron chi connectivity index (χ0n) is 15.9. The Morgan fingerprint density at radius 1 is 1.19 bits per heavy atom. The standard InChI is InChI=1S/C21H15F5N4O/c22-12-2-3-16(15(23)7-12)30-19-13-5-11(13)6-14(19)18(29-30)20(31)28-9-10-1-4-17(27-8-10)21(24,25)26/h1-4,7-8,11,13H,5-6,9H2,(H,28,31)/t11-,13-/m1/s1. The van der Waals surface area contributed by atoms with E-state index < -0.39 is 29.4 Å². The molecule has 5 nitrogen and oxygen atoms in total. The lowest BCUT2D eigenvalue weighted by Crippen LogP contribution is -2.24. The van der Waals surface area contributed by atoms with Crippen LogP contribution in [0.15, 0.2) is 36.5 Å². The number of aromatic nitrogens is 3. The molecule has 2 aromatic heterocycles. The highest BCUT2D eigenvalue weighted by Crippen LogP contribution is 2.57. The summed E-state index contributed by atoms with van der Waals surface area (Å²) < 4.78 is 66.9. The molecule has 0 spiro atoms. The van der Waals surface area contributed by atoms with Crippen molar-refractivity contribution in [1.29, 1.82) is 0 Å². The molecular weight excluding hydrogens is 419 g/mol. The SMILES string of the molecule is O=C(NCc1ccc(C(F)(F)F)nc1)c1nn(-c2ccc(F)cc2F)c2c1C[C@H]1C[C@@H]21. The first-order valence-electron chi connectivity index (χ1n) is 9.60. The molecule has 0 bridgehead atoms. The van der Waals surface area contributed by atoms with E-state index >= 15 is 0 Å². The van der Waals surface area contributed by atoms with Crippen molar-refractivity contribution < 1.29 is 26.7 Å². The topological polar surface area (TPSA) is 59.8 Å². The van der Waals surface area contributed by atoms with Crippen LogP contribution in [0.3, 0.4) is 0 Å². The molecule has 2 heterocycles. The first kappa shape index (κ1) is 19.7. The molecule has 0 radical (unpaired) electrons. The van der Waals surface area contributed by atoms with E-state index in [1.165, 1.54) is 16.8 Å². The van der Waals surface area contributed by atoms with Crippen molar-refractivity contribution in [3.05, 3.63) is 76.4 Å². The molecule has 1 saturated carbocycles. The lowest BCUT2D eigenvalue weighted by atomic mass is 10.1. The molecule has 10 heteroatoms. The van der Waals surface area contributed by atoms with E-state index in [1.54, 1.807) is 0 Å². The number of fused-ring (bicyclic) bond motifs is 3. The zero-order valence-corrected chi connectivity index (χ0v) is 15.9. The Morgan fingerprint density at radius 3 is 2.68 bits per heavy atom. The van der Waals surface area contributed by atoms with Crippen LogP contribution in [0.25, 0.3) is 5.69 Å². The number of hydrogen-bond donors (Lipinski definition) is 1. The highest BCUT2D eigenvalue weighted by molar-refractivity contribution is 5.94. The van der Waals surface area contributed by atoms with E-state index in [0.29, 0.717) is 17.9 Å². The molecule has 1 N–H and O–H groups in total. The predicted molar refractivity (Wildman–Crippen MR) is 98.4 cm³/mol. The Labute approximate surface area is 172 Å². The Kier molecular flexibility index (Phi) is 4.35. The van der Waals surface area contributed by atoms with Crippen molar-refractivity contribution >= 4 is 5.91 Å². The monoisotopic (exact) mass is 434 g/mol. The second-order valence-corrected chi connectivity index (χ2v) is 7.76. The molecule has 0 aliphatic heterocycles. The largest absolute Gasteiger partial charge is 0.433 e. The molecule has 3 aromatic rings. The van der Waals surface area contributed by atoms with Crippen LogP contribution < -0.4 is 5.32 Å². The van der Waals surface area contributed by atoms with Gasteiger partial charge in [-0.2, -0.15) is 18.3 Å². The van der Waals surface area contributed by atoms with Gasteiger partial charge in [0.1, 0.15) is 17.2 Å². The fourth-order valence-corrected chi connectivity index (χ4v) is 4.10. The summed E-state index contributed by atoms with van der Waals surface area (Å²) >= 11 is 0. The fourth-order valence-electron chi connectivity index (χ4n) is 4.10. The van der Waals surface area contributed by atoms with Crippen LogP contribution in [0.4, 0.5) is 22.0 Å². The molecule has 31 heavy (non-hydrogen) atoms. The van der Waals surface area contributed by atoms with Gasteiger partial charge in [-0.25, -0.2) is 13.5 Å². The van der Waals surface area contributed by atoms with E-state index in [2.05, 4.69) is 15.4 Å². The number of carbonyl (C=O) groups is 1. The molecule has 2 aliphatic rings. The Bertz CT molecular complexity index is 1190. The Hall–Kier alpha value is -3.30. The van der Waals surface area contributed by atoms with Gasteiger partial charge in [0.25, 0.3) is 5.91 Å². The number of rotatable bonds is 4. The zero-order chi connectivity index (χ0) is 21.9. The third-order valence-electron chi connectivity index (χ3n) is 5.68. The van der Waals surface area contributed by atoms with E-state index in [-0.39, 0.29) is 23.8 Å². The number of benzene rings is 1. The van der Waals surface area contributed by atoms with Crippen molar-refractivity contribution in [2.24, 2.45) is 5.92 Å². The fraction of sp³-hybridized carbons (Fsp3) is 0.286. The molecule has 0 unspecified atom stereocenters. The van der Waals surface area contributed by atoms with Crippen molar-refractivity contribution in [3.63, 3.8) is 0 Å². The van der Waals surface area contributed by atoms with Crippen LogP contribution in [0.1, 0.15) is 45.3 Å². The number of alkyl halides is 3. The van der Waals surface area contributed by atoms with Crippen LogP contribution in [0.5, 0.6) is 0 Å². The number of amides is 1. The number of hydrogen-bond acceptors (Lipinski definition) is 3. The van der Waals surface area contributed by atoms with Crippen molar-refractivity contribution in [1.82, 2.24) is 20.1 Å². The van der Waals surface area contributed by atoms with Crippen LogP contribution in [0, 0.1) is 17.6 Å². The van der Waals surface area contributed by atoms with Crippen LogP contribution in [0.2, 0.25) is 0 Å². The van der Waals surface area contributed by atoms with E-state index in [4.69, 9.17) is 0 Å². The van der Waals surface area contributed by atoms with Gasteiger partial charge in [0, 0.05) is 30.3 Å². The van der Waals surface area contributed by atoms with Gasteiger partial charge in [0.2, 0.25) is 0 Å². The number of nitrogens with one attached hydrogen (secondary N) is 1. The molecule has 1 aromatic carbocycles. The molecule has 2 aliphatic carbocycles. The maximum Gasteiger partial charge on any atom is 0.433 e. The average Bonchev–Trinajstić information content (AvgIpc) is 3.22. The van der Waals surface area contributed by atoms with E-state index in [0.717, 1.165) is 42.1 Å². The second kappa shape index (κ2) is 6.86. The third-order valence-corrected chi connectivity index (χ3v) is 5.68. The van der Waals surface area contributed by atoms with Gasteiger partial charge in [0.15, 0.2) is 11.5 Å². The maximum atomic E-state index is 14.4. The lowest BCUT2D eigenvalue weighted by molar-refractivity contribution is -0.141. The summed E-state index contributed by atoms with van der Waals surface area (Å²) in [5.41, 5.74) is 1.08. The van der Waals surface area contributed by atoms with Gasteiger partial charge in [-0.3, -0.25) is 9.78 Å². The minimum atomic E-state index is -4.54. The summed E-state index contributed by atoms with van der Waals surface area (Å²) in [6.07, 6.45) is -1.91. The molecule has 5 rings (SSSR count). The smallest absolute Gasteiger partial charge is 0.346 e. The number of carbonyl (C=O) groups excluding carboxylic acids is 1. The van der Waals surface area contributed by atoms with Crippen LogP contribution >= 0.6 is 0 Å². The van der Waals surface area contributed by atoms with Crippen LogP contribution in [-0.2, 0) is 19.1 Å². The summed E-state index contributed by atoms with van der Waals surface area (Å²) in [5, 5.41) is 6.94. The highest BCUT2D eigenvalue weighted by Gasteiger charge is 2.50. The van der Waals surface area contributed by atoms with Crippen LogP contribution in [-0.4, -0.2) is 20.7 Å². The maximum absolute atomic E-state index is 14.4. The summed E-state index contributed by atoms with van der Waals surface area (Å²) in [5.74, 6) is -1.44. The summed E-state index contributed by atoms with van der Waals surface area (Å²) in [4.78, 5) is 16.1. The van der Waals surface area contributed by atoms with Crippen molar-refractivity contribution in [2.45, 2.75) is 31.5 Å². The van der Waals surface area contributed by atoms with Crippen molar-refractivity contribution in [3.8, 4) is 5.69 Å². The third kappa shape index (κ3) is 3.45. The molecule has 2 atom stereocenters. The highest BCUT2D eigenvalue weighted by atomic mass is 19.4. The molecular formula is C21H15F5N4O. The van der Waals surface area contributed by atoms with Gasteiger partial charge in [-0.1, -0.05) is 6.07 Å². The van der Waals surface area contributed by atoms with E-state index in [1.807, 2.05) is 0 Å². The van der Waals surface area contributed by atoms with Gasteiger partial charge < -0.3 is 5.32 Å². The quantitative estimate of drug-likeness (QED) is 0.628. The molecule has 1 fully saturated rings. The Balaban J connectivity index is 1.39. The molecule has 160 valence electrons. The molecule has 0 saturated heterocycles. The van der Waals surface area contributed by atoms with Gasteiger partial charge in [-0.15, -0.1) is 0 Å². The lowest BCUT2D eigenvalue weighted by Gasteiger charge is -2.08. The van der Waals surface area contributed by atoms with Gasteiger partial charge >= 0.3 is 6.18 Å². The number of nitrogens with zero attached hydrogens (tertiary/aromatic N) is 3. The number of pyridine rings is 1. The summed E-state index contributed by atoms with van der Waals surface area (Å²) in [6, 6.07) is 5.26. The van der Waals surface area contributed by atoms with Gasteiger partial charge in [0.05, 0.1) is 5.69 Å². The van der Waals surface area contributed by atoms with E-state index in [9.17, 15) is 26.7 Å². The molecule has 1 amide bonds. The number of halogens is 5. The summed E-state index contributed by atoms with van der Waals surface area (Å²) in [7, 11) is 0. The van der Waals surface area contributed by atoms with Gasteiger partial charge in [-0.05, 0) is 42.5 Å². The Morgan fingerprint density at radius 2 is 2.00 bits per heavy atom. The normalized spacial score (nSPS) is 19.1. The second-order valence-electron chi connectivity index (χ2n) is 7.76. The van der Waals surface area contributed by atoms with Crippen molar-refractivity contribution in [2.75, 3.05) is 0 Å². The summed E-state index contributed by atoms with van der Waals surface area (Å²) in [6.45, 7) is -0.0383. The predicted octanol–water partition coefficient (Wildman–Crippen LogP) is 4.15. The minimum absolute atomic E-state index is 0.0383.